The Morgan fingerprint density at radius 3 is 1.68 bits per heavy atom. The molecule has 0 spiro atoms. The quantitative estimate of drug-likeness (QED) is 0.584. The van der Waals surface area contributed by atoms with E-state index in [9.17, 15) is 17.7 Å². The molecule has 0 amide bonds. The molecule has 0 aliphatic rings. The van der Waals surface area contributed by atoms with Gasteiger partial charge in [0.2, 0.25) is 0 Å². The summed E-state index contributed by atoms with van der Waals surface area (Å²) in [5.41, 5.74) is -0.976. The first-order valence-electron chi connectivity index (χ1n) is 7.42. The maximum Gasteiger partial charge on any atom is 0.417 e. The lowest BCUT2D eigenvalue weighted by atomic mass is 10.2. The first kappa shape index (κ1) is 17.8. The average molecular weight is 381 g/mol. The summed E-state index contributed by atoms with van der Waals surface area (Å²) >= 11 is 5.78. The molecule has 0 aliphatic carbocycles. The second-order valence-corrected chi connectivity index (χ2v) is 8.61. The molecule has 3 rings (SSSR count). The van der Waals surface area contributed by atoms with Gasteiger partial charge in [0.15, 0.2) is 7.14 Å². The third kappa shape index (κ3) is 3.37. The van der Waals surface area contributed by atoms with Crippen LogP contribution in [0.25, 0.3) is 0 Å². The van der Waals surface area contributed by atoms with Gasteiger partial charge in [0.25, 0.3) is 0 Å². The van der Waals surface area contributed by atoms with E-state index >= 15 is 0 Å². The van der Waals surface area contributed by atoms with Crippen LogP contribution >= 0.6 is 18.7 Å². The second kappa shape index (κ2) is 6.70. The Bertz CT molecular complexity index is 881. The fraction of sp³-hybridized carbons (Fsp3) is 0.0526. The van der Waals surface area contributed by atoms with E-state index in [0.29, 0.717) is 10.6 Å². The molecular formula is C19H13ClF3OP. The predicted molar refractivity (Wildman–Crippen MR) is 95.8 cm³/mol. The van der Waals surface area contributed by atoms with Crippen molar-refractivity contribution in [3.8, 4) is 0 Å². The Balaban J connectivity index is 2.38. The van der Waals surface area contributed by atoms with Crippen LogP contribution in [-0.4, -0.2) is 0 Å². The molecule has 0 saturated heterocycles. The SMILES string of the molecule is O=P(c1ccccc1)(c1ccccc1)c1ccc(Cl)cc1C(F)(F)F. The largest absolute Gasteiger partial charge is 0.417 e. The fourth-order valence-corrected chi connectivity index (χ4v) is 5.74. The van der Waals surface area contributed by atoms with Crippen molar-refractivity contribution in [3.63, 3.8) is 0 Å². The van der Waals surface area contributed by atoms with Crippen molar-refractivity contribution in [2.75, 3.05) is 0 Å². The molecule has 0 radical (unpaired) electrons. The van der Waals surface area contributed by atoms with E-state index in [1.54, 1.807) is 60.7 Å². The normalized spacial score (nSPS) is 12.2. The highest BCUT2D eigenvalue weighted by Gasteiger charge is 2.41. The van der Waals surface area contributed by atoms with Crippen LogP contribution in [0.4, 0.5) is 13.2 Å². The molecule has 3 aromatic rings. The van der Waals surface area contributed by atoms with Gasteiger partial charge >= 0.3 is 6.18 Å². The number of hydrogen-bond donors (Lipinski definition) is 0. The summed E-state index contributed by atoms with van der Waals surface area (Å²) in [7, 11) is -3.71. The molecule has 0 atom stereocenters. The number of rotatable bonds is 3. The lowest BCUT2D eigenvalue weighted by Gasteiger charge is -2.23. The van der Waals surface area contributed by atoms with Gasteiger partial charge in [0.1, 0.15) is 0 Å². The first-order valence-corrected chi connectivity index (χ1v) is 9.50. The topological polar surface area (TPSA) is 17.1 Å². The molecule has 128 valence electrons. The molecular weight excluding hydrogens is 368 g/mol. The zero-order valence-corrected chi connectivity index (χ0v) is 14.5. The lowest BCUT2D eigenvalue weighted by molar-refractivity contribution is -0.136. The van der Waals surface area contributed by atoms with E-state index in [4.69, 9.17) is 11.6 Å². The van der Waals surface area contributed by atoms with E-state index in [-0.39, 0.29) is 10.3 Å². The summed E-state index contributed by atoms with van der Waals surface area (Å²) in [6, 6.07) is 19.8. The van der Waals surface area contributed by atoms with Crippen molar-refractivity contribution in [3.05, 3.63) is 89.4 Å². The maximum atomic E-state index is 14.1. The standard InChI is InChI=1S/C19H13ClF3OP/c20-14-11-12-18(17(13-14)19(21,22)23)25(24,15-7-3-1-4-8-15)16-9-5-2-6-10-16/h1-13H. The highest BCUT2D eigenvalue weighted by atomic mass is 35.5. The van der Waals surface area contributed by atoms with Crippen LogP contribution in [0.5, 0.6) is 0 Å². The highest BCUT2D eigenvalue weighted by molar-refractivity contribution is 7.85. The van der Waals surface area contributed by atoms with Crippen molar-refractivity contribution >= 4 is 34.7 Å². The molecule has 25 heavy (non-hydrogen) atoms. The average Bonchev–Trinajstić information content (AvgIpc) is 2.62. The summed E-state index contributed by atoms with van der Waals surface area (Å²) in [6.45, 7) is 0. The van der Waals surface area contributed by atoms with Crippen molar-refractivity contribution in [1.82, 2.24) is 0 Å². The van der Waals surface area contributed by atoms with Crippen LogP contribution in [0, 0.1) is 0 Å². The molecule has 0 bridgehead atoms. The van der Waals surface area contributed by atoms with Crippen molar-refractivity contribution in [2.24, 2.45) is 0 Å². The smallest absolute Gasteiger partial charge is 0.309 e. The Morgan fingerprint density at radius 1 is 0.760 bits per heavy atom. The van der Waals surface area contributed by atoms with E-state index < -0.39 is 18.9 Å². The van der Waals surface area contributed by atoms with E-state index in [2.05, 4.69) is 0 Å². The second-order valence-electron chi connectivity index (χ2n) is 5.44. The summed E-state index contributed by atoms with van der Waals surface area (Å²) in [6.07, 6.45) is -4.67. The molecule has 0 aliphatic heterocycles. The summed E-state index contributed by atoms with van der Waals surface area (Å²) in [5.74, 6) is 0. The molecule has 0 aromatic heterocycles. The minimum Gasteiger partial charge on any atom is -0.309 e. The Hall–Kier alpha value is -2.03. The fourth-order valence-electron chi connectivity index (χ4n) is 2.71. The predicted octanol–water partition coefficient (Wildman–Crippen LogP) is 5.00. The van der Waals surface area contributed by atoms with Crippen LogP contribution < -0.4 is 15.9 Å². The molecule has 6 heteroatoms. The zero-order valence-electron chi connectivity index (χ0n) is 12.9. The third-order valence-electron chi connectivity index (χ3n) is 3.84. The summed E-state index contributed by atoms with van der Waals surface area (Å²) < 4.78 is 54.9. The highest BCUT2D eigenvalue weighted by Crippen LogP contribution is 2.46. The van der Waals surface area contributed by atoms with Gasteiger partial charge in [-0.1, -0.05) is 72.3 Å². The van der Waals surface area contributed by atoms with Crippen LogP contribution in [0.15, 0.2) is 78.9 Å². The summed E-state index contributed by atoms with van der Waals surface area (Å²) in [4.78, 5) is 0. The lowest BCUT2D eigenvalue weighted by Crippen LogP contribution is -2.30. The van der Waals surface area contributed by atoms with Gasteiger partial charge in [0, 0.05) is 20.9 Å². The van der Waals surface area contributed by atoms with Gasteiger partial charge < -0.3 is 4.57 Å². The number of alkyl halides is 3. The number of benzene rings is 3. The summed E-state index contributed by atoms with van der Waals surface area (Å²) in [5, 5.41) is 0.369. The minimum absolute atomic E-state index is 0.0521. The monoisotopic (exact) mass is 380 g/mol. The van der Waals surface area contributed by atoms with Gasteiger partial charge in [-0.25, -0.2) is 0 Å². The Kier molecular flexibility index (Phi) is 4.77. The molecule has 0 fully saturated rings. The van der Waals surface area contributed by atoms with E-state index in [0.717, 1.165) is 6.07 Å². The molecule has 1 nitrogen and oxygen atoms in total. The Labute approximate surface area is 148 Å². The van der Waals surface area contributed by atoms with Gasteiger partial charge in [0.05, 0.1) is 5.56 Å². The third-order valence-corrected chi connectivity index (χ3v) is 7.20. The van der Waals surface area contributed by atoms with Crippen molar-refractivity contribution in [1.29, 1.82) is 0 Å². The molecule has 0 saturated carbocycles. The van der Waals surface area contributed by atoms with Gasteiger partial charge in [-0.3, -0.25) is 0 Å². The molecule has 0 unspecified atom stereocenters. The van der Waals surface area contributed by atoms with Crippen LogP contribution in [0.3, 0.4) is 0 Å². The van der Waals surface area contributed by atoms with E-state index in [1.165, 1.54) is 12.1 Å². The first-order chi connectivity index (χ1) is 11.8. The van der Waals surface area contributed by atoms with Crippen LogP contribution in [-0.2, 0) is 10.7 Å². The molecule has 3 aromatic carbocycles. The van der Waals surface area contributed by atoms with Crippen LogP contribution in [0.1, 0.15) is 5.56 Å². The Morgan fingerprint density at radius 2 is 1.24 bits per heavy atom. The number of halogens is 4. The maximum absolute atomic E-state index is 14.1. The molecule has 0 heterocycles. The number of hydrogen-bond acceptors (Lipinski definition) is 1. The van der Waals surface area contributed by atoms with Crippen LogP contribution in [0.2, 0.25) is 5.02 Å². The van der Waals surface area contributed by atoms with Crippen molar-refractivity contribution in [2.45, 2.75) is 6.18 Å². The van der Waals surface area contributed by atoms with E-state index in [1.807, 2.05) is 0 Å². The molecule has 0 N–H and O–H groups in total. The zero-order chi connectivity index (χ0) is 18.1. The van der Waals surface area contributed by atoms with Gasteiger partial charge in [-0.05, 0) is 18.2 Å². The van der Waals surface area contributed by atoms with Gasteiger partial charge in [-0.2, -0.15) is 13.2 Å². The van der Waals surface area contributed by atoms with Crippen molar-refractivity contribution < 1.29 is 17.7 Å². The van der Waals surface area contributed by atoms with Gasteiger partial charge in [-0.15, -0.1) is 0 Å². The minimum atomic E-state index is -4.67.